The average Bonchev–Trinajstić information content (AvgIpc) is 2.71. The van der Waals surface area contributed by atoms with Crippen molar-refractivity contribution in [1.29, 1.82) is 0 Å². The minimum atomic E-state index is 0.179. The predicted molar refractivity (Wildman–Crippen MR) is 77.0 cm³/mol. The lowest BCUT2D eigenvalue weighted by atomic mass is 9.86. The molecule has 0 amide bonds. The third kappa shape index (κ3) is 2.44. The molecule has 0 saturated carbocycles. The van der Waals surface area contributed by atoms with Crippen molar-refractivity contribution in [3.63, 3.8) is 0 Å². The summed E-state index contributed by atoms with van der Waals surface area (Å²) in [6, 6.07) is 8.95. The van der Waals surface area contributed by atoms with E-state index in [9.17, 15) is 0 Å². The predicted octanol–water partition coefficient (Wildman–Crippen LogP) is 4.40. The van der Waals surface area contributed by atoms with Gasteiger partial charge in [-0.3, -0.25) is 0 Å². The number of rotatable bonds is 3. The zero-order valence-electron chi connectivity index (χ0n) is 12.0. The molecule has 2 aromatic rings. The first-order valence-corrected chi connectivity index (χ1v) is 6.67. The van der Waals surface area contributed by atoms with Crippen molar-refractivity contribution < 1.29 is 4.42 Å². The molecule has 0 radical (unpaired) electrons. The summed E-state index contributed by atoms with van der Waals surface area (Å²) < 4.78 is 5.92. The monoisotopic (exact) mass is 245 g/mol. The van der Waals surface area contributed by atoms with E-state index >= 15 is 0 Å². The van der Waals surface area contributed by atoms with Gasteiger partial charge in [-0.1, -0.05) is 33.8 Å². The van der Waals surface area contributed by atoms with Crippen molar-refractivity contribution in [2.75, 3.05) is 7.05 Å². The molecule has 98 valence electrons. The molecule has 0 spiro atoms. The Kier molecular flexibility index (Phi) is 3.49. The molecule has 1 heterocycles. The molecule has 2 heteroatoms. The van der Waals surface area contributed by atoms with Crippen molar-refractivity contribution in [3.05, 3.63) is 35.6 Å². The van der Waals surface area contributed by atoms with Crippen LogP contribution in [0.2, 0.25) is 0 Å². The van der Waals surface area contributed by atoms with Crippen molar-refractivity contribution in [2.24, 2.45) is 0 Å². The fourth-order valence-electron chi connectivity index (χ4n) is 2.25. The van der Waals surface area contributed by atoms with Gasteiger partial charge in [0.1, 0.15) is 11.3 Å². The van der Waals surface area contributed by atoms with E-state index in [0.717, 1.165) is 17.8 Å². The molecule has 2 rings (SSSR count). The Morgan fingerprint density at radius 1 is 1.22 bits per heavy atom. The number of benzene rings is 1. The lowest BCUT2D eigenvalue weighted by Gasteiger charge is -2.18. The molecule has 1 unspecified atom stereocenters. The summed E-state index contributed by atoms with van der Waals surface area (Å²) in [5, 5.41) is 4.48. The van der Waals surface area contributed by atoms with Crippen LogP contribution in [0.1, 0.15) is 51.5 Å². The van der Waals surface area contributed by atoms with Crippen molar-refractivity contribution in [3.8, 4) is 0 Å². The first-order valence-electron chi connectivity index (χ1n) is 6.67. The van der Waals surface area contributed by atoms with Crippen molar-refractivity contribution >= 4 is 11.0 Å². The Balaban J connectivity index is 2.46. The van der Waals surface area contributed by atoms with Crippen LogP contribution in [0.15, 0.2) is 28.7 Å². The highest BCUT2D eigenvalue weighted by Crippen LogP contribution is 2.30. The lowest BCUT2D eigenvalue weighted by Crippen LogP contribution is -2.14. The fraction of sp³-hybridized carbons (Fsp3) is 0.500. The molecule has 18 heavy (non-hydrogen) atoms. The highest BCUT2D eigenvalue weighted by molar-refractivity contribution is 5.79. The molecule has 1 N–H and O–H groups in total. The van der Waals surface area contributed by atoms with Crippen LogP contribution in [-0.2, 0) is 5.41 Å². The van der Waals surface area contributed by atoms with Crippen LogP contribution in [0.4, 0.5) is 0 Å². The zero-order chi connectivity index (χ0) is 13.3. The van der Waals surface area contributed by atoms with Crippen LogP contribution in [0.25, 0.3) is 11.0 Å². The summed E-state index contributed by atoms with van der Waals surface area (Å²) in [4.78, 5) is 0. The smallest absolute Gasteiger partial charge is 0.134 e. The SMILES string of the molecule is CCC(NC)c1cc2cc(C(C)(C)C)ccc2o1. The van der Waals surface area contributed by atoms with Gasteiger partial charge in [-0.2, -0.15) is 0 Å². The summed E-state index contributed by atoms with van der Waals surface area (Å²) in [7, 11) is 1.97. The quantitative estimate of drug-likeness (QED) is 0.867. The minimum Gasteiger partial charge on any atom is -0.459 e. The van der Waals surface area contributed by atoms with Gasteiger partial charge < -0.3 is 9.73 Å². The standard InChI is InChI=1S/C16H23NO/c1-6-13(17-5)15-10-11-9-12(16(2,3)4)7-8-14(11)18-15/h7-10,13,17H,6H2,1-5H3. The molecular formula is C16H23NO. The lowest BCUT2D eigenvalue weighted by molar-refractivity contribution is 0.444. The van der Waals surface area contributed by atoms with Gasteiger partial charge >= 0.3 is 0 Å². The van der Waals surface area contributed by atoms with Gasteiger partial charge in [0.25, 0.3) is 0 Å². The Hall–Kier alpha value is -1.28. The van der Waals surface area contributed by atoms with Crippen LogP contribution in [0, 0.1) is 0 Å². The van der Waals surface area contributed by atoms with E-state index in [1.807, 2.05) is 7.05 Å². The van der Waals surface area contributed by atoms with Crippen LogP contribution < -0.4 is 5.32 Å². The molecule has 0 aliphatic carbocycles. The van der Waals surface area contributed by atoms with E-state index < -0.39 is 0 Å². The largest absolute Gasteiger partial charge is 0.459 e. The van der Waals surface area contributed by atoms with Gasteiger partial charge in [-0.15, -0.1) is 0 Å². The number of hydrogen-bond acceptors (Lipinski definition) is 2. The molecule has 0 aliphatic heterocycles. The molecule has 1 aromatic heterocycles. The summed E-state index contributed by atoms with van der Waals surface area (Å²) in [6.45, 7) is 8.86. The number of furan rings is 1. The maximum absolute atomic E-state index is 5.92. The van der Waals surface area contributed by atoms with Gasteiger partial charge in [0.05, 0.1) is 6.04 Å². The van der Waals surface area contributed by atoms with Gasteiger partial charge in [0, 0.05) is 5.39 Å². The molecule has 1 atom stereocenters. The van der Waals surface area contributed by atoms with E-state index in [1.54, 1.807) is 0 Å². The van der Waals surface area contributed by atoms with E-state index in [2.05, 4.69) is 57.3 Å². The number of hydrogen-bond donors (Lipinski definition) is 1. The van der Waals surface area contributed by atoms with E-state index in [4.69, 9.17) is 4.42 Å². The molecular weight excluding hydrogens is 222 g/mol. The normalized spacial score (nSPS) is 14.1. The summed E-state index contributed by atoms with van der Waals surface area (Å²) >= 11 is 0. The second-order valence-electron chi connectivity index (χ2n) is 5.90. The van der Waals surface area contributed by atoms with Crippen LogP contribution in [0.3, 0.4) is 0 Å². The molecule has 0 saturated heterocycles. The second-order valence-corrected chi connectivity index (χ2v) is 5.90. The van der Waals surface area contributed by atoms with Gasteiger partial charge in [0.2, 0.25) is 0 Å². The summed E-state index contributed by atoms with van der Waals surface area (Å²) in [5.41, 5.74) is 2.50. The van der Waals surface area contributed by atoms with Crippen molar-refractivity contribution in [2.45, 2.75) is 45.6 Å². The zero-order valence-corrected chi connectivity index (χ0v) is 12.0. The number of nitrogens with one attached hydrogen (secondary N) is 1. The highest BCUT2D eigenvalue weighted by atomic mass is 16.3. The van der Waals surface area contributed by atoms with Gasteiger partial charge in [-0.05, 0) is 42.6 Å². The molecule has 2 nitrogen and oxygen atoms in total. The molecule has 0 fully saturated rings. The Morgan fingerprint density at radius 3 is 2.50 bits per heavy atom. The maximum Gasteiger partial charge on any atom is 0.134 e. The third-order valence-electron chi connectivity index (χ3n) is 3.50. The first-order chi connectivity index (χ1) is 8.45. The number of fused-ring (bicyclic) bond motifs is 1. The summed E-state index contributed by atoms with van der Waals surface area (Å²) in [6.07, 6.45) is 1.03. The van der Waals surface area contributed by atoms with Gasteiger partial charge in [0.15, 0.2) is 0 Å². The molecule has 0 aliphatic rings. The Labute approximate surface area is 109 Å². The summed E-state index contributed by atoms with van der Waals surface area (Å²) in [5.74, 6) is 1.03. The molecule has 0 bridgehead atoms. The van der Waals surface area contributed by atoms with Crippen LogP contribution in [-0.4, -0.2) is 7.05 Å². The van der Waals surface area contributed by atoms with E-state index in [-0.39, 0.29) is 5.41 Å². The molecule has 1 aromatic carbocycles. The van der Waals surface area contributed by atoms with Crippen LogP contribution in [0.5, 0.6) is 0 Å². The minimum absolute atomic E-state index is 0.179. The Morgan fingerprint density at radius 2 is 1.94 bits per heavy atom. The Bertz CT molecular complexity index is 530. The topological polar surface area (TPSA) is 25.2 Å². The maximum atomic E-state index is 5.92. The van der Waals surface area contributed by atoms with Crippen LogP contribution >= 0.6 is 0 Å². The van der Waals surface area contributed by atoms with E-state index in [1.165, 1.54) is 10.9 Å². The van der Waals surface area contributed by atoms with E-state index in [0.29, 0.717) is 6.04 Å². The van der Waals surface area contributed by atoms with Gasteiger partial charge in [-0.25, -0.2) is 0 Å². The third-order valence-corrected chi connectivity index (χ3v) is 3.50. The second kappa shape index (κ2) is 4.77. The first kappa shape index (κ1) is 13.2. The highest BCUT2D eigenvalue weighted by Gasteiger charge is 2.16. The van der Waals surface area contributed by atoms with Crippen molar-refractivity contribution in [1.82, 2.24) is 5.32 Å². The fourth-order valence-corrected chi connectivity index (χ4v) is 2.25. The average molecular weight is 245 g/mol.